The Morgan fingerprint density at radius 1 is 1.26 bits per heavy atom. The van der Waals surface area contributed by atoms with Crippen molar-refractivity contribution in [2.24, 2.45) is 5.11 Å². The molecule has 0 radical (unpaired) electrons. The number of carbonyl (C=O) groups excluding carboxylic acids is 2. The largest absolute Gasteiger partial charge is 0.452 e. The average Bonchev–Trinajstić information content (AvgIpc) is 2.38. The molecule has 8 heteroatoms. The van der Waals surface area contributed by atoms with E-state index >= 15 is 0 Å². The van der Waals surface area contributed by atoms with Crippen molar-refractivity contribution in [3.05, 3.63) is 45.8 Å². The number of hydrogen-bond acceptors (Lipinski definition) is 4. The Morgan fingerprint density at radius 2 is 1.89 bits per heavy atom. The smallest absolute Gasteiger partial charge is 0.441 e. The second-order valence-electron chi connectivity index (χ2n) is 3.44. The fourth-order valence-corrected chi connectivity index (χ4v) is 1.18. The highest BCUT2D eigenvalue weighted by Crippen LogP contribution is 2.13. The Hall–Kier alpha value is -2.95. The van der Waals surface area contributed by atoms with Crippen molar-refractivity contribution >= 4 is 23.2 Å². The van der Waals surface area contributed by atoms with Gasteiger partial charge in [-0.15, -0.1) is 0 Å². The predicted octanol–water partition coefficient (Wildman–Crippen LogP) is 1.93. The number of ether oxygens (including phenoxy) is 1. The van der Waals surface area contributed by atoms with Crippen molar-refractivity contribution < 1.29 is 19.1 Å². The molecule has 0 heterocycles. The van der Waals surface area contributed by atoms with Crippen LogP contribution in [0.5, 0.6) is 0 Å². The molecular formula is C11H9N5O3. The molecule has 96 valence electrons. The highest BCUT2D eigenvalue weighted by Gasteiger charge is 2.27. The molecule has 8 nitrogen and oxygen atoms in total. The van der Waals surface area contributed by atoms with Gasteiger partial charge in [0.25, 0.3) is 0 Å². The molecule has 0 spiro atoms. The zero-order valence-corrected chi connectivity index (χ0v) is 9.98. The summed E-state index contributed by atoms with van der Waals surface area (Å²) in [6.07, 6.45) is 0. The van der Waals surface area contributed by atoms with Crippen molar-refractivity contribution in [2.45, 2.75) is 13.5 Å². The number of rotatable bonds is 5. The number of hydrogen-bond donors (Lipinski definition) is 0. The molecule has 0 unspecified atom stereocenters. The standard InChI is InChI=1S/C11H9N5O3/c1-7(17)10(14-12)11(18)19-6-8-2-4-9(5-3-8)15-16-13/h2-5H,6H2,1H3. The molecule has 0 saturated heterocycles. The molecule has 1 rings (SSSR count). The average molecular weight is 259 g/mol. The van der Waals surface area contributed by atoms with Gasteiger partial charge in [-0.1, -0.05) is 29.4 Å². The van der Waals surface area contributed by atoms with Crippen LogP contribution in [0.4, 0.5) is 5.69 Å². The summed E-state index contributed by atoms with van der Waals surface area (Å²) in [5, 5.41) is 3.38. The first-order chi connectivity index (χ1) is 9.08. The quantitative estimate of drug-likeness (QED) is 0.200. The van der Waals surface area contributed by atoms with E-state index in [2.05, 4.69) is 14.8 Å². The summed E-state index contributed by atoms with van der Waals surface area (Å²) in [6, 6.07) is 6.30. The lowest BCUT2D eigenvalue weighted by Crippen LogP contribution is -2.25. The minimum atomic E-state index is -1.01. The molecule has 1 aromatic rings. The van der Waals surface area contributed by atoms with Crippen LogP contribution in [0, 0.1) is 0 Å². The lowest BCUT2D eigenvalue weighted by Gasteiger charge is -2.01. The van der Waals surface area contributed by atoms with Gasteiger partial charge in [-0.25, -0.2) is 4.79 Å². The van der Waals surface area contributed by atoms with Gasteiger partial charge in [-0.2, -0.15) is 4.79 Å². The Balaban J connectivity index is 2.67. The van der Waals surface area contributed by atoms with E-state index in [1.165, 1.54) is 0 Å². The second kappa shape index (κ2) is 6.70. The van der Waals surface area contributed by atoms with Gasteiger partial charge in [0.1, 0.15) is 6.61 Å². The summed E-state index contributed by atoms with van der Waals surface area (Å²) in [4.78, 5) is 27.5. The molecule has 19 heavy (non-hydrogen) atoms. The maximum absolute atomic E-state index is 11.4. The van der Waals surface area contributed by atoms with E-state index in [1.54, 1.807) is 24.3 Å². The third-order valence-corrected chi connectivity index (χ3v) is 2.09. The molecule has 0 atom stereocenters. The number of nitrogens with zero attached hydrogens (tertiary/aromatic N) is 5. The molecule has 0 amide bonds. The third kappa shape index (κ3) is 4.08. The van der Waals surface area contributed by atoms with Gasteiger partial charge in [0.05, 0.1) is 0 Å². The van der Waals surface area contributed by atoms with Crippen LogP contribution in [0.3, 0.4) is 0 Å². The first-order valence-electron chi connectivity index (χ1n) is 5.12. The van der Waals surface area contributed by atoms with Gasteiger partial charge in [-0.05, 0) is 11.1 Å². The van der Waals surface area contributed by atoms with E-state index in [4.69, 9.17) is 15.8 Å². The first-order valence-corrected chi connectivity index (χ1v) is 5.12. The molecule has 0 aliphatic heterocycles. The highest BCUT2D eigenvalue weighted by atomic mass is 16.5. The monoisotopic (exact) mass is 259 g/mol. The van der Waals surface area contributed by atoms with Gasteiger partial charge in [0.2, 0.25) is 5.78 Å². The molecule has 0 N–H and O–H groups in total. The van der Waals surface area contributed by atoms with Gasteiger partial charge < -0.3 is 10.3 Å². The van der Waals surface area contributed by atoms with E-state index in [9.17, 15) is 9.59 Å². The van der Waals surface area contributed by atoms with E-state index < -0.39 is 17.5 Å². The van der Waals surface area contributed by atoms with Gasteiger partial charge in [-0.3, -0.25) is 4.79 Å². The topological polar surface area (TPSA) is 129 Å². The van der Waals surface area contributed by atoms with E-state index in [0.717, 1.165) is 6.92 Å². The molecule has 0 aliphatic rings. The maximum Gasteiger partial charge on any atom is 0.441 e. The molecule has 0 aromatic heterocycles. The Morgan fingerprint density at radius 3 is 2.37 bits per heavy atom. The van der Waals surface area contributed by atoms with Crippen LogP contribution >= 0.6 is 0 Å². The van der Waals surface area contributed by atoms with Crippen molar-refractivity contribution in [3.8, 4) is 0 Å². The number of esters is 1. The molecular weight excluding hydrogens is 250 g/mol. The molecule has 1 aromatic carbocycles. The minimum absolute atomic E-state index is 0.0956. The predicted molar refractivity (Wildman–Crippen MR) is 64.4 cm³/mol. The highest BCUT2D eigenvalue weighted by molar-refractivity contribution is 6.61. The van der Waals surface area contributed by atoms with Crippen molar-refractivity contribution in [3.63, 3.8) is 0 Å². The lowest BCUT2D eigenvalue weighted by atomic mass is 10.2. The van der Waals surface area contributed by atoms with Gasteiger partial charge >= 0.3 is 11.7 Å². The minimum Gasteiger partial charge on any atom is -0.452 e. The zero-order chi connectivity index (χ0) is 14.3. The van der Waals surface area contributed by atoms with Crippen molar-refractivity contribution in [1.29, 1.82) is 0 Å². The number of benzene rings is 1. The first kappa shape index (κ1) is 14.1. The Labute approximate surface area is 107 Å². The van der Waals surface area contributed by atoms with Crippen LogP contribution in [0.2, 0.25) is 0 Å². The van der Waals surface area contributed by atoms with Crippen LogP contribution in [-0.4, -0.2) is 22.3 Å². The Kier molecular flexibility index (Phi) is 4.98. The normalized spacial score (nSPS) is 8.89. The van der Waals surface area contributed by atoms with Gasteiger partial charge in [0.15, 0.2) is 0 Å². The summed E-state index contributed by atoms with van der Waals surface area (Å²) < 4.78 is 4.79. The molecule has 0 aliphatic carbocycles. The van der Waals surface area contributed by atoms with E-state index in [0.29, 0.717) is 11.3 Å². The SMILES string of the molecule is CC(=O)C(=[N+]=[N-])C(=O)OCc1ccc(N=[N+]=[N-])cc1. The van der Waals surface area contributed by atoms with Crippen molar-refractivity contribution in [1.82, 2.24) is 0 Å². The molecule has 0 saturated carbocycles. The summed E-state index contributed by atoms with van der Waals surface area (Å²) in [7, 11) is 0. The number of Topliss-reactive ketones (excluding diaryl/α,β-unsaturated/α-hetero) is 1. The number of carbonyl (C=O) groups is 2. The number of azide groups is 1. The summed E-state index contributed by atoms with van der Waals surface area (Å²) in [6.45, 7) is 0.993. The van der Waals surface area contributed by atoms with Crippen LogP contribution in [-0.2, 0) is 20.9 Å². The fourth-order valence-electron chi connectivity index (χ4n) is 1.18. The molecule has 0 bridgehead atoms. The van der Waals surface area contributed by atoms with Crippen LogP contribution in [0.25, 0.3) is 16.0 Å². The fraction of sp³-hybridized carbons (Fsp3) is 0.182. The van der Waals surface area contributed by atoms with Gasteiger partial charge in [0, 0.05) is 17.5 Å². The Bertz CT molecular complexity index is 595. The summed E-state index contributed by atoms with van der Waals surface area (Å²) in [5.74, 6) is -1.69. The van der Waals surface area contributed by atoms with Crippen molar-refractivity contribution in [2.75, 3.05) is 0 Å². The third-order valence-electron chi connectivity index (χ3n) is 2.09. The van der Waals surface area contributed by atoms with E-state index in [-0.39, 0.29) is 6.61 Å². The van der Waals surface area contributed by atoms with Crippen LogP contribution in [0.1, 0.15) is 12.5 Å². The summed E-state index contributed by atoms with van der Waals surface area (Å²) >= 11 is 0. The summed E-state index contributed by atoms with van der Waals surface area (Å²) in [5.41, 5.74) is 17.1. The van der Waals surface area contributed by atoms with Crippen LogP contribution < -0.4 is 0 Å². The maximum atomic E-state index is 11.4. The molecule has 0 fully saturated rings. The van der Waals surface area contributed by atoms with E-state index in [1.807, 2.05) is 0 Å². The number of ketones is 1. The lowest BCUT2D eigenvalue weighted by molar-refractivity contribution is -0.143. The van der Waals surface area contributed by atoms with Crippen LogP contribution in [0.15, 0.2) is 29.4 Å². The second-order valence-corrected chi connectivity index (χ2v) is 3.44. The zero-order valence-electron chi connectivity index (χ0n) is 9.98.